The Hall–Kier alpha value is -1.41. The first kappa shape index (κ1) is 15.5. The maximum absolute atomic E-state index is 6.43. The zero-order chi connectivity index (χ0) is 15.6. The molecule has 0 amide bonds. The van der Waals surface area contributed by atoms with E-state index in [2.05, 4.69) is 48.6 Å². The van der Waals surface area contributed by atoms with Crippen LogP contribution in [0.15, 0.2) is 72.5 Å². The molecule has 3 nitrogen and oxygen atoms in total. The Morgan fingerprint density at radius 1 is 0.909 bits per heavy atom. The topological polar surface area (TPSA) is 78.1 Å². The van der Waals surface area contributed by atoms with Crippen LogP contribution in [0, 0.1) is 0 Å². The van der Waals surface area contributed by atoms with E-state index in [4.69, 9.17) is 17.2 Å². The number of allylic oxidation sites excluding steroid dienone is 10. The van der Waals surface area contributed by atoms with Gasteiger partial charge >= 0.3 is 0 Å². The average Bonchev–Trinajstić information content (AvgIpc) is 2.52. The van der Waals surface area contributed by atoms with Crippen molar-refractivity contribution in [2.45, 2.75) is 35.5 Å². The quantitative estimate of drug-likeness (QED) is 0.553. The molecule has 0 aromatic carbocycles. The van der Waals surface area contributed by atoms with E-state index < -0.39 is 13.6 Å². The normalized spacial score (nSPS) is 33.7. The minimum absolute atomic E-state index is 0.00907. The van der Waals surface area contributed by atoms with Gasteiger partial charge in [-0.15, -0.1) is 0 Å². The smallest absolute Gasteiger partial charge is 0.0957 e. The number of hydrogen-bond acceptors (Lipinski definition) is 3. The van der Waals surface area contributed by atoms with E-state index in [1.165, 1.54) is 0 Å². The average molecular weight is 313 g/mol. The lowest BCUT2D eigenvalue weighted by Gasteiger charge is -2.45. The summed E-state index contributed by atoms with van der Waals surface area (Å²) in [5.41, 5.74) is 20.1. The van der Waals surface area contributed by atoms with Crippen molar-refractivity contribution in [2.24, 2.45) is 17.2 Å². The van der Waals surface area contributed by atoms with E-state index in [1.54, 1.807) is 0 Å². The summed E-state index contributed by atoms with van der Waals surface area (Å²) in [6, 6.07) is 0. The summed E-state index contributed by atoms with van der Waals surface area (Å²) in [4.78, 5) is 0. The van der Waals surface area contributed by atoms with Gasteiger partial charge in [-0.05, 0) is 25.0 Å². The molecule has 0 fully saturated rings. The molecular formula is C18H24N3P. The van der Waals surface area contributed by atoms with E-state index in [-0.39, 0.29) is 5.66 Å². The Bertz CT molecular complexity index is 565. The maximum Gasteiger partial charge on any atom is 0.0957 e. The molecule has 3 aliphatic rings. The second-order valence-electron chi connectivity index (χ2n) is 6.11. The summed E-state index contributed by atoms with van der Waals surface area (Å²) in [5.74, 6) is 0. The Morgan fingerprint density at radius 3 is 1.95 bits per heavy atom. The molecule has 4 heteroatoms. The SMILES string of the molecule is NC1=CC=CC(N)(N)C1P(C1C=CC=CC1)C1C=CC=CC1. The summed E-state index contributed by atoms with van der Waals surface area (Å²) >= 11 is 0. The minimum atomic E-state index is -0.867. The summed E-state index contributed by atoms with van der Waals surface area (Å²) in [6.07, 6.45) is 25.4. The molecule has 0 heterocycles. The fourth-order valence-electron chi connectivity index (χ4n) is 3.43. The summed E-state index contributed by atoms with van der Waals surface area (Å²) in [5, 5.41) is 0. The molecule has 0 bridgehead atoms. The predicted molar refractivity (Wildman–Crippen MR) is 96.6 cm³/mol. The largest absolute Gasteiger partial charge is 0.401 e. The van der Waals surface area contributed by atoms with Gasteiger partial charge in [0.25, 0.3) is 0 Å². The number of nitrogens with two attached hydrogens (primary N) is 3. The van der Waals surface area contributed by atoms with Crippen LogP contribution in [-0.2, 0) is 0 Å². The Kier molecular flexibility index (Phi) is 4.49. The molecule has 3 unspecified atom stereocenters. The van der Waals surface area contributed by atoms with Gasteiger partial charge in [-0.1, -0.05) is 62.6 Å². The van der Waals surface area contributed by atoms with Crippen LogP contribution in [-0.4, -0.2) is 22.6 Å². The highest BCUT2D eigenvalue weighted by atomic mass is 31.1. The lowest BCUT2D eigenvalue weighted by Crippen LogP contribution is -2.60. The fraction of sp³-hybridized carbons (Fsp3) is 0.333. The molecule has 0 radical (unpaired) electrons. The van der Waals surface area contributed by atoms with Crippen LogP contribution in [0.25, 0.3) is 0 Å². The molecular weight excluding hydrogens is 289 g/mol. The highest BCUT2D eigenvalue weighted by Crippen LogP contribution is 2.59. The second-order valence-corrected chi connectivity index (χ2v) is 8.85. The van der Waals surface area contributed by atoms with Gasteiger partial charge in [0, 0.05) is 17.0 Å². The van der Waals surface area contributed by atoms with Gasteiger partial charge in [-0.3, -0.25) is 0 Å². The van der Waals surface area contributed by atoms with Crippen molar-refractivity contribution in [3.05, 3.63) is 72.5 Å². The van der Waals surface area contributed by atoms with Crippen LogP contribution in [0.1, 0.15) is 12.8 Å². The molecule has 0 aromatic rings. The van der Waals surface area contributed by atoms with Crippen molar-refractivity contribution in [3.63, 3.8) is 0 Å². The fourth-order valence-corrected chi connectivity index (χ4v) is 7.05. The third-order valence-electron chi connectivity index (χ3n) is 4.44. The van der Waals surface area contributed by atoms with Gasteiger partial charge in [-0.2, -0.15) is 0 Å². The van der Waals surface area contributed by atoms with Gasteiger partial charge in [-0.25, -0.2) is 0 Å². The van der Waals surface area contributed by atoms with Crippen molar-refractivity contribution in [1.82, 2.24) is 0 Å². The molecule has 0 aliphatic heterocycles. The van der Waals surface area contributed by atoms with Gasteiger partial charge < -0.3 is 17.2 Å². The molecule has 0 saturated carbocycles. The predicted octanol–water partition coefficient (Wildman–Crippen LogP) is 2.63. The molecule has 3 rings (SSSR count). The van der Waals surface area contributed by atoms with E-state index in [0.717, 1.165) is 18.5 Å². The van der Waals surface area contributed by atoms with Gasteiger partial charge in [0.15, 0.2) is 0 Å². The van der Waals surface area contributed by atoms with Crippen molar-refractivity contribution in [3.8, 4) is 0 Å². The molecule has 3 atom stereocenters. The Labute approximate surface area is 133 Å². The molecule has 3 aliphatic carbocycles. The van der Waals surface area contributed by atoms with Crippen molar-refractivity contribution in [2.75, 3.05) is 0 Å². The van der Waals surface area contributed by atoms with Gasteiger partial charge in [0.1, 0.15) is 0 Å². The number of rotatable bonds is 3. The summed E-state index contributed by atoms with van der Waals surface area (Å²) < 4.78 is 0. The molecule has 0 aromatic heterocycles. The zero-order valence-electron chi connectivity index (χ0n) is 12.7. The number of hydrogen-bond donors (Lipinski definition) is 3. The van der Waals surface area contributed by atoms with Crippen LogP contribution < -0.4 is 17.2 Å². The summed E-state index contributed by atoms with van der Waals surface area (Å²) in [6.45, 7) is 0. The maximum atomic E-state index is 6.43. The van der Waals surface area contributed by atoms with Crippen molar-refractivity contribution in [1.29, 1.82) is 0 Å². The van der Waals surface area contributed by atoms with Crippen molar-refractivity contribution >= 4 is 7.92 Å². The van der Waals surface area contributed by atoms with E-state index in [0.29, 0.717) is 11.3 Å². The summed E-state index contributed by atoms with van der Waals surface area (Å²) in [7, 11) is -0.513. The minimum Gasteiger partial charge on any atom is -0.401 e. The highest BCUT2D eigenvalue weighted by molar-refractivity contribution is 7.60. The molecule has 0 spiro atoms. The van der Waals surface area contributed by atoms with Crippen molar-refractivity contribution < 1.29 is 0 Å². The lowest BCUT2D eigenvalue weighted by molar-refractivity contribution is 0.542. The van der Waals surface area contributed by atoms with Crippen LogP contribution >= 0.6 is 7.92 Å². The van der Waals surface area contributed by atoms with Crippen LogP contribution in [0.2, 0.25) is 0 Å². The van der Waals surface area contributed by atoms with Crippen LogP contribution in [0.4, 0.5) is 0 Å². The van der Waals surface area contributed by atoms with Crippen LogP contribution in [0.5, 0.6) is 0 Å². The standard InChI is InChI=1S/C18H24N3P/c19-16-12-7-13-18(20,21)17(16)22(14-8-3-1-4-9-14)15-10-5-2-6-11-15/h1-8,10,12-15,17H,9,11,19-21H2. The molecule has 0 saturated heterocycles. The van der Waals surface area contributed by atoms with E-state index >= 15 is 0 Å². The van der Waals surface area contributed by atoms with E-state index in [9.17, 15) is 0 Å². The Morgan fingerprint density at radius 2 is 1.50 bits per heavy atom. The van der Waals surface area contributed by atoms with E-state index in [1.807, 2.05) is 18.2 Å². The van der Waals surface area contributed by atoms with Gasteiger partial charge in [0.05, 0.1) is 11.3 Å². The monoisotopic (exact) mass is 313 g/mol. The first-order chi connectivity index (χ1) is 10.6. The second kappa shape index (κ2) is 6.37. The highest BCUT2D eigenvalue weighted by Gasteiger charge is 2.43. The first-order valence-corrected chi connectivity index (χ1v) is 9.31. The third-order valence-corrected chi connectivity index (χ3v) is 8.08. The zero-order valence-corrected chi connectivity index (χ0v) is 13.6. The van der Waals surface area contributed by atoms with Crippen LogP contribution in [0.3, 0.4) is 0 Å². The molecule has 116 valence electrons. The lowest BCUT2D eigenvalue weighted by atomic mass is 10.00. The molecule has 22 heavy (non-hydrogen) atoms. The Balaban J connectivity index is 1.97. The van der Waals surface area contributed by atoms with Gasteiger partial charge in [0.2, 0.25) is 0 Å². The first-order valence-electron chi connectivity index (χ1n) is 7.76. The molecule has 6 N–H and O–H groups in total. The third kappa shape index (κ3) is 3.03.